The van der Waals surface area contributed by atoms with Crippen molar-refractivity contribution in [2.75, 3.05) is 5.75 Å². The van der Waals surface area contributed by atoms with Crippen molar-refractivity contribution in [3.05, 3.63) is 33.7 Å². The molecule has 3 atom stereocenters. The van der Waals surface area contributed by atoms with Crippen LogP contribution in [0.3, 0.4) is 0 Å². The Hall–Kier alpha value is -1.54. The standard InChI is InChI=1S/C17H15F3N2O6S2.Na/c1-7(23)28-13(21-10(24)5-8-3-2-4-29-8)9-6-30-15-11(17(18,19)20)14(25)22(15)12(9)16(26)27;/h2-4,11,13,15H,5-6H2,1H3,(H,21,24)(H,26,27);/q;+1/p-1/t11-,13?,15-;/m1./s1. The van der Waals surface area contributed by atoms with Crippen molar-refractivity contribution in [1.82, 2.24) is 10.2 Å². The summed E-state index contributed by atoms with van der Waals surface area (Å²) in [6.07, 6.45) is -6.49. The molecule has 0 aliphatic carbocycles. The molecular formula is C17H14F3N2NaO6S2. The summed E-state index contributed by atoms with van der Waals surface area (Å²) in [5.41, 5.74) is -1.06. The SMILES string of the molecule is CC(=O)OC(NC(=O)Cc1cccs1)C1=C(C(=O)[O-])N2C(=O)[C@@H](C(F)(F)F)[C@H]2SC1.[Na+]. The van der Waals surface area contributed by atoms with Crippen molar-refractivity contribution in [2.24, 2.45) is 5.92 Å². The number of carboxylic acids is 1. The first-order valence-corrected chi connectivity index (χ1v) is 10.4. The summed E-state index contributed by atoms with van der Waals surface area (Å²) in [6.45, 7) is 1.02. The van der Waals surface area contributed by atoms with E-state index in [0.717, 1.165) is 6.92 Å². The van der Waals surface area contributed by atoms with Crippen LogP contribution in [0.25, 0.3) is 0 Å². The minimum absolute atomic E-state index is 0. The summed E-state index contributed by atoms with van der Waals surface area (Å²) in [5.74, 6) is -7.47. The number of fused-ring (bicyclic) bond motifs is 1. The molecule has 2 aliphatic heterocycles. The van der Waals surface area contributed by atoms with Crippen LogP contribution in [-0.2, 0) is 30.3 Å². The summed E-state index contributed by atoms with van der Waals surface area (Å²) < 4.78 is 44.2. The Balaban J connectivity index is 0.00000341. The van der Waals surface area contributed by atoms with Gasteiger partial charge in [0.15, 0.2) is 5.92 Å². The number of carbonyl (C=O) groups excluding carboxylic acids is 4. The first-order chi connectivity index (χ1) is 14.0. The second-order valence-electron chi connectivity index (χ2n) is 6.40. The number of nitrogens with zero attached hydrogens (tertiary/aromatic N) is 1. The second kappa shape index (κ2) is 9.94. The second-order valence-corrected chi connectivity index (χ2v) is 8.54. The van der Waals surface area contributed by atoms with E-state index >= 15 is 0 Å². The number of rotatable bonds is 6. The third-order valence-corrected chi connectivity index (χ3v) is 6.53. The summed E-state index contributed by atoms with van der Waals surface area (Å²) in [7, 11) is 0. The van der Waals surface area contributed by atoms with Gasteiger partial charge < -0.3 is 20.0 Å². The number of thioether (sulfide) groups is 1. The fraction of sp³-hybridized carbons (Fsp3) is 0.412. The zero-order chi connectivity index (χ0) is 22.2. The van der Waals surface area contributed by atoms with Crippen molar-refractivity contribution < 1.29 is 71.8 Å². The number of β-lactam (4-membered cyclic amide) rings is 1. The van der Waals surface area contributed by atoms with Gasteiger partial charge in [-0.15, -0.1) is 23.1 Å². The Labute approximate surface area is 204 Å². The van der Waals surface area contributed by atoms with Gasteiger partial charge in [0.05, 0.1) is 18.1 Å². The van der Waals surface area contributed by atoms with Gasteiger partial charge in [-0.2, -0.15) is 13.2 Å². The van der Waals surface area contributed by atoms with Crippen LogP contribution in [0.2, 0.25) is 0 Å². The van der Waals surface area contributed by atoms with E-state index in [9.17, 15) is 37.5 Å². The molecule has 3 heterocycles. The molecule has 14 heteroatoms. The summed E-state index contributed by atoms with van der Waals surface area (Å²) in [4.78, 5) is 48.7. The van der Waals surface area contributed by atoms with Crippen LogP contribution in [0.1, 0.15) is 11.8 Å². The summed E-state index contributed by atoms with van der Waals surface area (Å²) >= 11 is 1.96. The van der Waals surface area contributed by atoms with Crippen molar-refractivity contribution in [3.8, 4) is 0 Å². The van der Waals surface area contributed by atoms with Crippen LogP contribution in [-0.4, -0.2) is 52.2 Å². The first-order valence-electron chi connectivity index (χ1n) is 8.45. The average molecular weight is 486 g/mol. The molecule has 1 N–H and O–H groups in total. The Morgan fingerprint density at radius 2 is 2.06 bits per heavy atom. The smallest absolute Gasteiger partial charge is 0.543 e. The van der Waals surface area contributed by atoms with Crippen molar-refractivity contribution in [1.29, 1.82) is 0 Å². The maximum Gasteiger partial charge on any atom is 1.00 e. The largest absolute Gasteiger partial charge is 1.00 e. The number of hydrogen-bond acceptors (Lipinski definition) is 8. The van der Waals surface area contributed by atoms with Crippen LogP contribution < -0.4 is 40.0 Å². The summed E-state index contributed by atoms with van der Waals surface area (Å²) in [6, 6.07) is 3.41. The maximum atomic E-state index is 13.1. The van der Waals surface area contributed by atoms with Gasteiger partial charge in [-0.05, 0) is 11.4 Å². The fourth-order valence-corrected chi connectivity index (χ4v) is 5.29. The third-order valence-electron chi connectivity index (χ3n) is 4.35. The van der Waals surface area contributed by atoms with Crippen LogP contribution in [0.5, 0.6) is 0 Å². The van der Waals surface area contributed by atoms with Crippen molar-refractivity contribution in [2.45, 2.75) is 31.1 Å². The number of carbonyl (C=O) groups is 4. The van der Waals surface area contributed by atoms with Gasteiger partial charge in [-0.25, -0.2) is 0 Å². The third kappa shape index (κ3) is 5.45. The maximum absolute atomic E-state index is 13.1. The van der Waals surface area contributed by atoms with Crippen LogP contribution >= 0.6 is 23.1 Å². The molecule has 0 radical (unpaired) electrons. The predicted molar refractivity (Wildman–Crippen MR) is 96.4 cm³/mol. The predicted octanol–water partition coefficient (Wildman–Crippen LogP) is -2.60. The van der Waals surface area contributed by atoms with Gasteiger partial charge >= 0.3 is 41.7 Å². The molecule has 0 saturated carbocycles. The monoisotopic (exact) mass is 486 g/mol. The van der Waals surface area contributed by atoms with Crippen LogP contribution in [0.4, 0.5) is 13.2 Å². The van der Waals surface area contributed by atoms with E-state index in [1.54, 1.807) is 17.5 Å². The zero-order valence-electron chi connectivity index (χ0n) is 16.2. The number of hydrogen-bond donors (Lipinski definition) is 1. The van der Waals surface area contributed by atoms with Gasteiger partial charge in [-0.3, -0.25) is 19.3 Å². The van der Waals surface area contributed by atoms with E-state index in [0.29, 0.717) is 21.5 Å². The number of carboxylic acid groups (broad SMARTS) is 1. The number of aliphatic carboxylic acids is 1. The van der Waals surface area contributed by atoms with Crippen LogP contribution in [0.15, 0.2) is 28.8 Å². The molecule has 2 aliphatic rings. The number of alkyl halides is 3. The van der Waals surface area contributed by atoms with Gasteiger partial charge in [0.1, 0.15) is 5.37 Å². The molecule has 1 fully saturated rings. The van der Waals surface area contributed by atoms with E-state index in [1.165, 1.54) is 11.3 Å². The molecule has 1 aromatic heterocycles. The number of thiophene rings is 1. The van der Waals surface area contributed by atoms with E-state index in [-0.39, 0.29) is 47.3 Å². The van der Waals surface area contributed by atoms with Gasteiger partial charge in [0, 0.05) is 23.1 Å². The number of halogens is 3. The van der Waals surface area contributed by atoms with Gasteiger partial charge in [-0.1, -0.05) is 6.07 Å². The molecule has 1 saturated heterocycles. The minimum atomic E-state index is -4.83. The van der Waals surface area contributed by atoms with E-state index < -0.39 is 53.1 Å². The van der Waals surface area contributed by atoms with Gasteiger partial charge in [0.2, 0.25) is 18.0 Å². The first kappa shape index (κ1) is 25.7. The van der Waals surface area contributed by atoms with E-state index in [4.69, 9.17) is 4.74 Å². The van der Waals surface area contributed by atoms with E-state index in [1.807, 2.05) is 0 Å². The molecule has 0 bridgehead atoms. The Morgan fingerprint density at radius 1 is 1.39 bits per heavy atom. The normalized spacial score (nSPS) is 21.4. The number of ether oxygens (including phenoxy) is 1. The topological polar surface area (TPSA) is 116 Å². The average Bonchev–Trinajstić information content (AvgIpc) is 3.10. The molecule has 1 aromatic rings. The molecule has 162 valence electrons. The molecule has 31 heavy (non-hydrogen) atoms. The number of nitrogens with one attached hydrogen (secondary N) is 1. The Kier molecular flexibility index (Phi) is 8.25. The molecular weight excluding hydrogens is 472 g/mol. The number of esters is 1. The quantitative estimate of drug-likeness (QED) is 0.203. The van der Waals surface area contributed by atoms with Gasteiger partial charge in [0.25, 0.3) is 0 Å². The molecule has 8 nitrogen and oxygen atoms in total. The molecule has 0 spiro atoms. The molecule has 1 unspecified atom stereocenters. The van der Waals surface area contributed by atoms with Crippen molar-refractivity contribution in [3.63, 3.8) is 0 Å². The van der Waals surface area contributed by atoms with Crippen LogP contribution in [0, 0.1) is 5.92 Å². The zero-order valence-corrected chi connectivity index (χ0v) is 19.9. The molecule has 2 amide bonds. The summed E-state index contributed by atoms with van der Waals surface area (Å²) in [5, 5.41) is 14.3. The molecule has 0 aromatic carbocycles. The minimum Gasteiger partial charge on any atom is -0.543 e. The number of amides is 2. The Bertz CT molecular complexity index is 921. The molecule has 3 rings (SSSR count). The fourth-order valence-electron chi connectivity index (χ4n) is 3.12. The Morgan fingerprint density at radius 3 is 2.58 bits per heavy atom. The van der Waals surface area contributed by atoms with E-state index in [2.05, 4.69) is 5.32 Å². The van der Waals surface area contributed by atoms with Crippen molar-refractivity contribution >= 4 is 46.9 Å².